The van der Waals surface area contributed by atoms with Gasteiger partial charge in [0, 0.05) is 32.3 Å². The summed E-state index contributed by atoms with van der Waals surface area (Å²) in [7, 11) is -8.58. The Balaban J connectivity index is 1.88. The van der Waals surface area contributed by atoms with E-state index in [1.165, 1.54) is 24.3 Å². The molecule has 196 valence electrons. The number of carbonyl (C=O) groups is 2. The van der Waals surface area contributed by atoms with Crippen molar-refractivity contribution in [1.82, 2.24) is 0 Å². The summed E-state index contributed by atoms with van der Waals surface area (Å²) in [6.45, 7) is 4.89. The Morgan fingerprint density at radius 3 is 1.51 bits per heavy atom. The van der Waals surface area contributed by atoms with Crippen LogP contribution in [0.5, 0.6) is 0 Å². The molecule has 3 aromatic rings. The van der Waals surface area contributed by atoms with Gasteiger partial charge in [-0.05, 0) is 36.4 Å². The number of hydrogen-bond acceptors (Lipinski definition) is 12. The predicted molar refractivity (Wildman–Crippen MR) is 134 cm³/mol. The van der Waals surface area contributed by atoms with E-state index in [-0.39, 0.29) is 33.8 Å². The summed E-state index contributed by atoms with van der Waals surface area (Å²) in [6.07, 6.45) is 1.84. The summed E-state index contributed by atoms with van der Waals surface area (Å²) in [5, 5.41) is 0.0686. The van der Waals surface area contributed by atoms with Crippen LogP contribution in [0.25, 0.3) is 20.2 Å². The molecule has 0 unspecified atom stereocenters. The predicted octanol–water partition coefficient (Wildman–Crippen LogP) is 2.28. The minimum Gasteiger partial charge on any atom is -0.460 e. The molecule has 0 radical (unpaired) electrons. The number of rotatable bonds is 12. The number of fused-ring (bicyclic) bond motifs is 2. The molecule has 0 aliphatic carbocycles. The molecule has 2 aromatic carbocycles. The molecule has 37 heavy (non-hydrogen) atoms. The zero-order chi connectivity index (χ0) is 27.2. The summed E-state index contributed by atoms with van der Waals surface area (Å²) < 4.78 is 70.0. The molecular weight excluding hydrogens is 548 g/mol. The Morgan fingerprint density at radius 2 is 1.14 bits per heavy atom. The van der Waals surface area contributed by atoms with Crippen molar-refractivity contribution >= 4 is 63.7 Å². The van der Waals surface area contributed by atoms with Crippen molar-refractivity contribution in [1.29, 1.82) is 0 Å². The molecule has 0 aliphatic rings. The monoisotopic (exact) mass is 568 g/mol. The maximum absolute atomic E-state index is 13.2. The van der Waals surface area contributed by atoms with Crippen LogP contribution in [0.1, 0.15) is 0 Å². The van der Waals surface area contributed by atoms with E-state index in [1.54, 1.807) is 0 Å². The standard InChI is InChI=1S/C23H20O11S3/c1-3-21(24)31-9-11-33-36(27,28)15-5-7-19-17(13-15)23(26)18-14-16(6-8-20(18)35-19)37(29,30)34-12-10-32-22(25)4-2/h3-8,13-14H,1-2,9-12H2. The number of hydrogen-bond donors (Lipinski definition) is 0. The second kappa shape index (κ2) is 11.7. The van der Waals surface area contributed by atoms with E-state index in [9.17, 15) is 31.2 Å². The molecule has 0 aliphatic heterocycles. The minimum atomic E-state index is -4.29. The first-order valence-corrected chi connectivity index (χ1v) is 14.0. The zero-order valence-electron chi connectivity index (χ0n) is 19.1. The largest absolute Gasteiger partial charge is 0.460 e. The first-order chi connectivity index (χ1) is 17.5. The van der Waals surface area contributed by atoms with Gasteiger partial charge in [0.25, 0.3) is 20.2 Å². The van der Waals surface area contributed by atoms with Gasteiger partial charge in [-0.1, -0.05) is 13.2 Å². The fourth-order valence-electron chi connectivity index (χ4n) is 2.95. The molecule has 0 N–H and O–H groups in total. The van der Waals surface area contributed by atoms with Crippen molar-refractivity contribution in [3.05, 3.63) is 71.9 Å². The van der Waals surface area contributed by atoms with Crippen LogP contribution in [0.3, 0.4) is 0 Å². The van der Waals surface area contributed by atoms with Crippen LogP contribution in [0, 0.1) is 0 Å². The normalized spacial score (nSPS) is 11.8. The average molecular weight is 569 g/mol. The van der Waals surface area contributed by atoms with Gasteiger partial charge in [0.05, 0.1) is 9.79 Å². The maximum Gasteiger partial charge on any atom is 0.330 e. The molecular formula is C23H20O11S3. The van der Waals surface area contributed by atoms with Gasteiger partial charge in [0.1, 0.15) is 26.4 Å². The van der Waals surface area contributed by atoms with E-state index in [1.807, 2.05) is 0 Å². The first kappa shape index (κ1) is 28.1. The molecule has 0 amide bonds. The highest BCUT2D eigenvalue weighted by Gasteiger charge is 2.20. The molecule has 0 saturated heterocycles. The lowest BCUT2D eigenvalue weighted by Gasteiger charge is -2.09. The smallest absolute Gasteiger partial charge is 0.330 e. The van der Waals surface area contributed by atoms with E-state index in [4.69, 9.17) is 8.37 Å². The fourth-order valence-corrected chi connectivity index (χ4v) is 5.82. The lowest BCUT2D eigenvalue weighted by atomic mass is 10.2. The maximum atomic E-state index is 13.2. The van der Waals surface area contributed by atoms with Crippen LogP contribution in [0.15, 0.2) is 76.3 Å². The molecule has 0 bridgehead atoms. The van der Waals surface area contributed by atoms with Crippen LogP contribution < -0.4 is 5.43 Å². The number of carbonyl (C=O) groups excluding carboxylic acids is 2. The van der Waals surface area contributed by atoms with E-state index < -0.39 is 50.8 Å². The molecule has 0 spiro atoms. The highest BCUT2D eigenvalue weighted by Crippen LogP contribution is 2.29. The first-order valence-electron chi connectivity index (χ1n) is 10.4. The molecule has 0 fully saturated rings. The van der Waals surface area contributed by atoms with E-state index in [2.05, 4.69) is 22.6 Å². The Kier molecular flexibility index (Phi) is 8.94. The second-order valence-electron chi connectivity index (χ2n) is 7.04. The highest BCUT2D eigenvalue weighted by molar-refractivity contribution is 7.87. The molecule has 14 heteroatoms. The summed E-state index contributed by atoms with van der Waals surface area (Å²) >= 11 is 1.15. The summed E-state index contributed by atoms with van der Waals surface area (Å²) in [5.74, 6) is -1.47. The van der Waals surface area contributed by atoms with Crippen molar-refractivity contribution < 1.29 is 44.3 Å². The zero-order valence-corrected chi connectivity index (χ0v) is 21.5. The van der Waals surface area contributed by atoms with Crippen LogP contribution in [0.2, 0.25) is 0 Å². The van der Waals surface area contributed by atoms with Crippen molar-refractivity contribution in [3.63, 3.8) is 0 Å². The van der Waals surface area contributed by atoms with Gasteiger partial charge in [-0.3, -0.25) is 13.2 Å². The highest BCUT2D eigenvalue weighted by atomic mass is 32.2. The van der Waals surface area contributed by atoms with Gasteiger partial charge in [0.2, 0.25) is 0 Å². The van der Waals surface area contributed by atoms with E-state index in [0.717, 1.165) is 35.6 Å². The van der Waals surface area contributed by atoms with Crippen molar-refractivity contribution in [2.24, 2.45) is 0 Å². The summed E-state index contributed by atoms with van der Waals surface area (Å²) in [4.78, 5) is 34.7. The van der Waals surface area contributed by atoms with Gasteiger partial charge < -0.3 is 9.47 Å². The number of benzene rings is 2. The molecule has 1 aromatic heterocycles. The van der Waals surface area contributed by atoms with Gasteiger partial charge in [0.15, 0.2) is 5.43 Å². The number of esters is 2. The molecule has 1 heterocycles. The molecule has 0 atom stereocenters. The topological polar surface area (TPSA) is 156 Å². The molecule has 0 saturated carbocycles. The lowest BCUT2D eigenvalue weighted by Crippen LogP contribution is -2.14. The van der Waals surface area contributed by atoms with Gasteiger partial charge in [-0.15, -0.1) is 11.3 Å². The van der Waals surface area contributed by atoms with Gasteiger partial charge in [-0.2, -0.15) is 16.8 Å². The van der Waals surface area contributed by atoms with Gasteiger partial charge in [-0.25, -0.2) is 9.59 Å². The molecule has 11 nitrogen and oxygen atoms in total. The Labute approximate surface area is 215 Å². The second-order valence-corrected chi connectivity index (χ2v) is 11.4. The van der Waals surface area contributed by atoms with E-state index >= 15 is 0 Å². The third-order valence-corrected chi connectivity index (χ3v) is 8.42. The average Bonchev–Trinajstić information content (AvgIpc) is 2.88. The molecule has 3 rings (SSSR count). The summed E-state index contributed by atoms with van der Waals surface area (Å²) in [6, 6.07) is 7.66. The number of ether oxygens (including phenoxy) is 2. The van der Waals surface area contributed by atoms with Crippen molar-refractivity contribution in [3.8, 4) is 0 Å². The Bertz CT molecular complexity index is 1530. The van der Waals surface area contributed by atoms with E-state index in [0.29, 0.717) is 9.40 Å². The minimum absolute atomic E-state index is 0.0343. The Morgan fingerprint density at radius 1 is 0.730 bits per heavy atom. The van der Waals surface area contributed by atoms with Crippen LogP contribution in [-0.4, -0.2) is 55.2 Å². The third-order valence-electron chi connectivity index (χ3n) is 4.65. The Hall–Kier alpha value is -3.43. The third kappa shape index (κ3) is 6.87. The fraction of sp³-hybridized carbons (Fsp3) is 0.174. The lowest BCUT2D eigenvalue weighted by molar-refractivity contribution is -0.139. The quantitative estimate of drug-likeness (QED) is 0.104. The summed E-state index contributed by atoms with van der Waals surface area (Å²) in [5.41, 5.74) is -0.599. The SMILES string of the molecule is C=CC(=O)OCCOS(=O)(=O)c1ccc2sc3ccc(S(=O)(=O)OCCOC(=O)C=C)cc3c(=O)c2c1. The van der Waals surface area contributed by atoms with Crippen LogP contribution in [0.4, 0.5) is 0 Å². The van der Waals surface area contributed by atoms with Crippen LogP contribution in [-0.2, 0) is 47.7 Å². The van der Waals surface area contributed by atoms with Crippen LogP contribution >= 0.6 is 11.3 Å². The van der Waals surface area contributed by atoms with Gasteiger partial charge >= 0.3 is 11.9 Å². The van der Waals surface area contributed by atoms with Crippen molar-refractivity contribution in [2.45, 2.75) is 9.79 Å². The van der Waals surface area contributed by atoms with Crippen molar-refractivity contribution in [2.75, 3.05) is 26.4 Å².